The van der Waals surface area contributed by atoms with Crippen LogP contribution in [0.25, 0.3) is 0 Å². The molecule has 2 heterocycles. The summed E-state index contributed by atoms with van der Waals surface area (Å²) in [5, 5.41) is 11.7. The average molecular weight is 315 g/mol. The quantitative estimate of drug-likeness (QED) is 0.810. The highest BCUT2D eigenvalue weighted by molar-refractivity contribution is 9.10. The van der Waals surface area contributed by atoms with E-state index in [2.05, 4.69) is 26.2 Å². The number of carbonyl (C=O) groups is 2. The molecule has 0 saturated carbocycles. The Hall–Kier alpha value is -1.63. The number of aliphatic carboxylic acids is 1. The van der Waals surface area contributed by atoms with Gasteiger partial charge in [-0.3, -0.25) is 9.59 Å². The number of nitrogens with zero attached hydrogens (tertiary/aromatic N) is 1. The van der Waals surface area contributed by atoms with Gasteiger partial charge in [-0.15, -0.1) is 0 Å². The molecule has 0 saturated heterocycles. The summed E-state index contributed by atoms with van der Waals surface area (Å²) >= 11 is 3.18. The summed E-state index contributed by atoms with van der Waals surface area (Å²) in [6, 6.07) is 3.28. The van der Waals surface area contributed by atoms with Gasteiger partial charge in [0.2, 0.25) is 0 Å². The molecule has 0 radical (unpaired) electrons. The lowest BCUT2D eigenvalue weighted by Crippen LogP contribution is -2.50. The molecule has 2 rings (SSSR count). The topological polar surface area (TPSA) is 88.5 Å². The molecule has 1 amide bonds. The number of anilines is 1. The molecule has 0 aromatic carbocycles. The fraction of sp³-hybridized carbons (Fsp3) is 0.364. The molecular formula is C11H11BrN2O4. The van der Waals surface area contributed by atoms with Crippen molar-refractivity contribution in [1.29, 1.82) is 0 Å². The second-order valence-electron chi connectivity index (χ2n) is 4.49. The third kappa shape index (κ3) is 2.05. The smallest absolute Gasteiger partial charge is 0.313 e. The molecule has 1 aliphatic heterocycles. The van der Waals surface area contributed by atoms with Crippen LogP contribution in [-0.2, 0) is 9.59 Å². The number of rotatable bonds is 2. The van der Waals surface area contributed by atoms with E-state index in [4.69, 9.17) is 9.84 Å². The third-order valence-corrected chi connectivity index (χ3v) is 3.20. The Morgan fingerprint density at radius 3 is 2.83 bits per heavy atom. The minimum atomic E-state index is -1.32. The van der Waals surface area contributed by atoms with E-state index in [1.165, 1.54) is 13.8 Å². The summed E-state index contributed by atoms with van der Waals surface area (Å²) in [7, 11) is 0. The van der Waals surface area contributed by atoms with Crippen molar-refractivity contribution in [3.63, 3.8) is 0 Å². The standard InChI is InChI=1S/C11H11BrN2O4/c1-11(2,10(16)17)7-9(15)14-8-5(18-7)3-4-6(12)13-8/h3-4,7H,1-2H3,(H,16,17)(H,13,14,15). The summed E-state index contributed by atoms with van der Waals surface area (Å²) in [6.07, 6.45) is -1.09. The Morgan fingerprint density at radius 2 is 2.22 bits per heavy atom. The first-order chi connectivity index (χ1) is 8.32. The lowest BCUT2D eigenvalue weighted by molar-refractivity contribution is -0.156. The molecule has 0 spiro atoms. The summed E-state index contributed by atoms with van der Waals surface area (Å²) in [6.45, 7) is 2.88. The van der Waals surface area contributed by atoms with Gasteiger partial charge >= 0.3 is 5.97 Å². The Kier molecular flexibility index (Phi) is 3.02. The van der Waals surface area contributed by atoms with Crippen LogP contribution in [0, 0.1) is 5.41 Å². The molecule has 0 aliphatic carbocycles. The van der Waals surface area contributed by atoms with E-state index >= 15 is 0 Å². The van der Waals surface area contributed by atoms with Crippen LogP contribution in [0.15, 0.2) is 16.7 Å². The molecule has 6 nitrogen and oxygen atoms in total. The van der Waals surface area contributed by atoms with Crippen molar-refractivity contribution in [1.82, 2.24) is 4.98 Å². The highest BCUT2D eigenvalue weighted by Gasteiger charge is 2.46. The second-order valence-corrected chi connectivity index (χ2v) is 5.31. The van der Waals surface area contributed by atoms with Crippen molar-refractivity contribution >= 4 is 33.6 Å². The Morgan fingerprint density at radius 1 is 1.56 bits per heavy atom. The molecule has 2 N–H and O–H groups in total. The number of carboxylic acid groups (broad SMARTS) is 1. The normalized spacial score (nSPS) is 18.6. The van der Waals surface area contributed by atoms with Crippen LogP contribution in [0.5, 0.6) is 5.75 Å². The lowest BCUT2D eigenvalue weighted by atomic mass is 9.85. The first kappa shape index (κ1) is 12.8. The third-order valence-electron chi connectivity index (χ3n) is 2.76. The van der Waals surface area contributed by atoms with Crippen LogP contribution < -0.4 is 10.1 Å². The zero-order chi connectivity index (χ0) is 13.5. The van der Waals surface area contributed by atoms with Gasteiger partial charge in [-0.1, -0.05) is 0 Å². The Balaban J connectivity index is 2.37. The van der Waals surface area contributed by atoms with Crippen LogP contribution in [0.2, 0.25) is 0 Å². The highest BCUT2D eigenvalue weighted by atomic mass is 79.9. The molecule has 1 aromatic heterocycles. The minimum Gasteiger partial charge on any atom is -0.481 e. The molecule has 1 atom stereocenters. The molecule has 18 heavy (non-hydrogen) atoms. The maximum Gasteiger partial charge on any atom is 0.313 e. The number of carbonyl (C=O) groups excluding carboxylic acids is 1. The zero-order valence-corrected chi connectivity index (χ0v) is 11.3. The van der Waals surface area contributed by atoms with Crippen LogP contribution in [0.4, 0.5) is 5.82 Å². The van der Waals surface area contributed by atoms with E-state index in [1.54, 1.807) is 12.1 Å². The predicted octanol–water partition coefficient (Wildman–Crippen LogP) is 1.65. The number of halogens is 1. The zero-order valence-electron chi connectivity index (χ0n) is 9.73. The number of carboxylic acids is 1. The van der Waals surface area contributed by atoms with Crippen LogP contribution in [0.3, 0.4) is 0 Å². The predicted molar refractivity (Wildman–Crippen MR) is 66.4 cm³/mol. The van der Waals surface area contributed by atoms with Gasteiger partial charge < -0.3 is 15.2 Å². The Bertz CT molecular complexity index is 530. The SMILES string of the molecule is CC(C)(C(=O)O)C1Oc2ccc(Br)nc2NC1=O. The van der Waals surface area contributed by atoms with E-state index < -0.39 is 23.4 Å². The average Bonchev–Trinajstić information content (AvgIpc) is 2.27. The number of amides is 1. The number of hydrogen-bond donors (Lipinski definition) is 2. The van der Waals surface area contributed by atoms with Crippen molar-refractivity contribution in [2.45, 2.75) is 20.0 Å². The number of ether oxygens (including phenoxy) is 1. The number of nitrogens with one attached hydrogen (secondary N) is 1. The van der Waals surface area contributed by atoms with E-state index in [9.17, 15) is 9.59 Å². The molecule has 96 valence electrons. The number of fused-ring (bicyclic) bond motifs is 1. The summed E-state index contributed by atoms with van der Waals surface area (Å²) in [5.41, 5.74) is -1.32. The lowest BCUT2D eigenvalue weighted by Gasteiger charge is -2.33. The number of hydrogen-bond acceptors (Lipinski definition) is 4. The Labute approximate surface area is 111 Å². The van der Waals surface area contributed by atoms with Gasteiger partial charge in [0.05, 0.1) is 0 Å². The van der Waals surface area contributed by atoms with Crippen molar-refractivity contribution in [2.75, 3.05) is 5.32 Å². The molecule has 1 unspecified atom stereocenters. The van der Waals surface area contributed by atoms with Gasteiger partial charge in [0.1, 0.15) is 10.0 Å². The number of pyridine rings is 1. The minimum absolute atomic E-state index is 0.284. The van der Waals surface area contributed by atoms with Gasteiger partial charge in [0.25, 0.3) is 5.91 Å². The molecule has 1 aromatic rings. The number of aromatic nitrogens is 1. The van der Waals surface area contributed by atoms with Crippen LogP contribution in [-0.4, -0.2) is 28.1 Å². The monoisotopic (exact) mass is 314 g/mol. The van der Waals surface area contributed by atoms with Gasteiger partial charge in [0.15, 0.2) is 17.7 Å². The molecule has 0 bridgehead atoms. The largest absolute Gasteiger partial charge is 0.481 e. The maximum absolute atomic E-state index is 11.9. The van der Waals surface area contributed by atoms with Crippen molar-refractivity contribution in [2.24, 2.45) is 5.41 Å². The second kappa shape index (κ2) is 4.24. The summed E-state index contributed by atoms with van der Waals surface area (Å²) in [4.78, 5) is 27.1. The van der Waals surface area contributed by atoms with E-state index in [1.807, 2.05) is 0 Å². The van der Waals surface area contributed by atoms with Crippen molar-refractivity contribution in [3.05, 3.63) is 16.7 Å². The van der Waals surface area contributed by atoms with E-state index in [0.717, 1.165) is 0 Å². The van der Waals surface area contributed by atoms with E-state index in [-0.39, 0.29) is 5.82 Å². The van der Waals surface area contributed by atoms with Gasteiger partial charge in [0, 0.05) is 0 Å². The van der Waals surface area contributed by atoms with Gasteiger partial charge in [-0.05, 0) is 41.9 Å². The maximum atomic E-state index is 11.9. The van der Waals surface area contributed by atoms with Crippen molar-refractivity contribution < 1.29 is 19.4 Å². The first-order valence-electron chi connectivity index (χ1n) is 5.20. The van der Waals surface area contributed by atoms with Crippen LogP contribution in [0.1, 0.15) is 13.8 Å². The molecule has 1 aliphatic rings. The van der Waals surface area contributed by atoms with Gasteiger partial charge in [-0.2, -0.15) is 0 Å². The van der Waals surface area contributed by atoms with Crippen LogP contribution >= 0.6 is 15.9 Å². The van der Waals surface area contributed by atoms with Gasteiger partial charge in [-0.25, -0.2) is 4.98 Å². The molecular weight excluding hydrogens is 304 g/mol. The fourth-order valence-electron chi connectivity index (χ4n) is 1.56. The molecule has 7 heteroatoms. The fourth-order valence-corrected chi connectivity index (χ4v) is 1.87. The first-order valence-corrected chi connectivity index (χ1v) is 5.99. The summed E-state index contributed by atoms with van der Waals surface area (Å²) in [5.74, 6) is -0.972. The molecule has 0 fully saturated rings. The highest BCUT2D eigenvalue weighted by Crippen LogP contribution is 2.35. The van der Waals surface area contributed by atoms with Crippen molar-refractivity contribution in [3.8, 4) is 5.75 Å². The van der Waals surface area contributed by atoms with E-state index in [0.29, 0.717) is 10.4 Å². The summed E-state index contributed by atoms with van der Waals surface area (Å²) < 4.78 is 6.01.